The van der Waals surface area contributed by atoms with E-state index in [1.807, 2.05) is 0 Å². The molecule has 338 valence electrons. The smallest absolute Gasteiger partial charge is 0.328 e. The normalized spacial score (nSPS) is 25.7. The van der Waals surface area contributed by atoms with Crippen molar-refractivity contribution in [2.24, 2.45) is 11.8 Å². The number of benzene rings is 2. The number of amides is 7. The number of fused-ring (bicyclic) bond motifs is 2. The van der Waals surface area contributed by atoms with Crippen LogP contribution in [0.1, 0.15) is 39.2 Å². The van der Waals surface area contributed by atoms with Gasteiger partial charge in [-0.15, -0.1) is 0 Å². The topological polar surface area (TPSA) is 233 Å². The van der Waals surface area contributed by atoms with Gasteiger partial charge in [0.25, 0.3) is 0 Å². The number of cyclic esters (lactones) is 1. The molecule has 2 aromatic rings. The first-order valence-corrected chi connectivity index (χ1v) is 21.8. The number of carbonyl (C=O) groups excluding carboxylic acids is 7. The Hall–Kier alpha value is -5.48. The molecule has 0 spiro atoms. The Bertz CT molecular complexity index is 2200. The Labute approximate surface area is 360 Å². The van der Waals surface area contributed by atoms with Crippen LogP contribution in [-0.4, -0.2) is 140 Å². The molecule has 3 aliphatic rings. The lowest BCUT2D eigenvalue weighted by molar-refractivity contribution is -0.158. The Morgan fingerprint density at radius 2 is 1.52 bits per heavy atom. The van der Waals surface area contributed by atoms with Gasteiger partial charge in [0.15, 0.2) is 0 Å². The third-order valence-corrected chi connectivity index (χ3v) is 11.6. The third kappa shape index (κ3) is 11.9. The molecule has 7 amide bonds. The van der Waals surface area contributed by atoms with Crippen molar-refractivity contribution in [2.45, 2.75) is 76.3 Å². The quantitative estimate of drug-likeness (QED) is 0.223. The second-order valence-electron chi connectivity index (χ2n) is 16.0. The Kier molecular flexibility index (Phi) is 15.1. The molecule has 0 radical (unpaired) electrons. The summed E-state index contributed by atoms with van der Waals surface area (Å²) in [6.07, 6.45) is 0.436. The molecular weight excluding hydrogens is 865 g/mol. The molecule has 0 aliphatic carbocycles. The summed E-state index contributed by atoms with van der Waals surface area (Å²) in [7, 11) is -2.68. The summed E-state index contributed by atoms with van der Waals surface area (Å²) < 4.78 is 75.3. The van der Waals surface area contributed by atoms with E-state index >= 15 is 0 Å². The number of likely N-dealkylation sites (N-methyl/N-ethyl adjacent to an activating group) is 1. The number of ether oxygens (including phenoxy) is 1. The zero-order chi connectivity index (χ0) is 45.8. The average molecular weight is 913 g/mol. The minimum atomic E-state index is -3.91. The highest BCUT2D eigenvalue weighted by Gasteiger charge is 2.46. The molecule has 1 unspecified atom stereocenters. The van der Waals surface area contributed by atoms with E-state index in [0.717, 1.165) is 40.3 Å². The van der Waals surface area contributed by atoms with Gasteiger partial charge in [-0.05, 0) is 67.5 Å². The summed E-state index contributed by atoms with van der Waals surface area (Å²) in [5.41, 5.74) is -0.460. The summed E-state index contributed by atoms with van der Waals surface area (Å²) in [6, 6.07) is -4.25. The van der Waals surface area contributed by atoms with Gasteiger partial charge in [-0.3, -0.25) is 24.0 Å². The number of nitrogens with one attached hydrogen (secondary N) is 5. The van der Waals surface area contributed by atoms with Gasteiger partial charge < -0.3 is 40.7 Å². The highest BCUT2D eigenvalue weighted by molar-refractivity contribution is 7.88. The van der Waals surface area contributed by atoms with Gasteiger partial charge in [-0.25, -0.2) is 35.9 Å². The van der Waals surface area contributed by atoms with Crippen LogP contribution < -0.4 is 26.0 Å². The van der Waals surface area contributed by atoms with Crippen molar-refractivity contribution in [1.82, 2.24) is 35.4 Å². The zero-order valence-electron chi connectivity index (χ0n) is 34.4. The van der Waals surface area contributed by atoms with Crippen LogP contribution >= 0.6 is 11.6 Å². The number of halogens is 4. The molecule has 3 heterocycles. The van der Waals surface area contributed by atoms with E-state index in [2.05, 4.69) is 26.0 Å². The van der Waals surface area contributed by atoms with E-state index in [1.165, 1.54) is 24.9 Å². The summed E-state index contributed by atoms with van der Waals surface area (Å²) >= 11 is 5.82. The molecule has 3 aliphatic heterocycles. The fraction of sp³-hybridized carbons (Fsp3) is 0.513. The summed E-state index contributed by atoms with van der Waals surface area (Å²) in [5, 5.41) is 9.52. The van der Waals surface area contributed by atoms with E-state index in [1.54, 1.807) is 13.8 Å². The fourth-order valence-corrected chi connectivity index (χ4v) is 8.29. The van der Waals surface area contributed by atoms with E-state index in [-0.39, 0.29) is 54.0 Å². The molecule has 5 rings (SSSR count). The highest BCUT2D eigenvalue weighted by Crippen LogP contribution is 2.28. The Morgan fingerprint density at radius 3 is 2.13 bits per heavy atom. The van der Waals surface area contributed by atoms with Crippen LogP contribution in [0.15, 0.2) is 36.4 Å². The minimum absolute atomic E-state index is 0.0204. The number of hydrogen-bond donors (Lipinski definition) is 5. The van der Waals surface area contributed by atoms with Crippen LogP contribution in [0.4, 0.5) is 23.7 Å². The van der Waals surface area contributed by atoms with Gasteiger partial charge in [-0.2, -0.15) is 0 Å². The molecule has 5 N–H and O–H groups in total. The maximum absolute atomic E-state index is 14.6. The number of carbonyl (C=O) groups is 7. The minimum Gasteiger partial charge on any atom is -0.461 e. The molecule has 0 bridgehead atoms. The standard InChI is InChI=1S/C39H48ClF3N8O10S/c1-19-8-30-37(56)49(4)32(15-44-62(5,59)60)34(53)45-21(3)35(54)51-17-20(2)9-31(51)38(57)61-18-29(36(55)50(30)16-19)46-33(52)28(12-22-10-24(41)14-25(42)11-22)48-39(58)47-27-7-6-23(40)13-26(27)43/h6-7,10-11,13-14,19-21,28-32,44H,8-9,12,15-18H2,1-5H3,(H,45,53)(H,46,52)(H2,47,48,58)/t19?,20-,21+,28+,29+,30+,31+,32+/m1/s1. The van der Waals surface area contributed by atoms with Crippen LogP contribution in [0.5, 0.6) is 0 Å². The van der Waals surface area contributed by atoms with Gasteiger partial charge in [0, 0.05) is 44.2 Å². The lowest BCUT2D eigenvalue weighted by Gasteiger charge is -2.35. The number of urea groups is 1. The van der Waals surface area contributed by atoms with Crippen LogP contribution in [0.25, 0.3) is 0 Å². The van der Waals surface area contributed by atoms with Gasteiger partial charge in [0.2, 0.25) is 39.6 Å². The van der Waals surface area contributed by atoms with Crippen molar-refractivity contribution in [3.8, 4) is 0 Å². The molecule has 0 saturated carbocycles. The number of esters is 1. The molecule has 3 saturated heterocycles. The predicted octanol–water partition coefficient (Wildman–Crippen LogP) is 0.887. The van der Waals surface area contributed by atoms with Crippen molar-refractivity contribution in [2.75, 3.05) is 44.9 Å². The molecule has 62 heavy (non-hydrogen) atoms. The fourth-order valence-electron chi connectivity index (χ4n) is 7.67. The summed E-state index contributed by atoms with van der Waals surface area (Å²) in [6.45, 7) is 3.39. The number of sulfonamides is 1. The number of nitrogens with zero attached hydrogens (tertiary/aromatic N) is 3. The Balaban J connectivity index is 1.52. The van der Waals surface area contributed by atoms with Crippen LogP contribution in [0.3, 0.4) is 0 Å². The van der Waals surface area contributed by atoms with Gasteiger partial charge in [0.1, 0.15) is 60.3 Å². The Morgan fingerprint density at radius 1 is 0.903 bits per heavy atom. The van der Waals surface area contributed by atoms with Crippen LogP contribution in [-0.2, 0) is 49.9 Å². The first kappa shape index (κ1) is 47.6. The largest absolute Gasteiger partial charge is 0.461 e. The van der Waals surface area contributed by atoms with E-state index in [0.29, 0.717) is 6.07 Å². The zero-order valence-corrected chi connectivity index (χ0v) is 35.9. The van der Waals surface area contributed by atoms with Gasteiger partial charge in [0.05, 0.1) is 11.9 Å². The summed E-state index contributed by atoms with van der Waals surface area (Å²) in [4.78, 5) is 101. The van der Waals surface area contributed by atoms with Crippen molar-refractivity contribution in [3.05, 3.63) is 64.4 Å². The van der Waals surface area contributed by atoms with E-state index < -0.39 is 125 Å². The SMILES string of the molecule is CC1C[C@H]2C(=O)N(C)[C@@H](CNS(C)(=O)=O)C(=O)N[C@@H](C)C(=O)N3C[C@H](C)C[C@H]3C(=O)OC[C@H](NC(=O)[C@H](Cc3cc(F)cc(F)c3)NC(=O)Nc3ccc(Cl)cc3F)C(=O)N2C1. The predicted molar refractivity (Wildman–Crippen MR) is 216 cm³/mol. The second-order valence-corrected chi connectivity index (χ2v) is 18.2. The third-order valence-electron chi connectivity index (χ3n) is 10.7. The second kappa shape index (κ2) is 19.7. The monoisotopic (exact) mass is 912 g/mol. The van der Waals surface area contributed by atoms with Crippen LogP contribution in [0, 0.1) is 29.3 Å². The maximum Gasteiger partial charge on any atom is 0.328 e. The highest BCUT2D eigenvalue weighted by atomic mass is 35.5. The number of anilines is 1. The van der Waals surface area contributed by atoms with Crippen molar-refractivity contribution in [1.29, 1.82) is 0 Å². The molecule has 0 aromatic heterocycles. The van der Waals surface area contributed by atoms with Crippen molar-refractivity contribution in [3.63, 3.8) is 0 Å². The first-order valence-electron chi connectivity index (χ1n) is 19.6. The molecule has 2 aromatic carbocycles. The molecule has 23 heteroatoms. The van der Waals surface area contributed by atoms with E-state index in [4.69, 9.17) is 16.3 Å². The van der Waals surface area contributed by atoms with E-state index in [9.17, 15) is 55.2 Å². The lowest BCUT2D eigenvalue weighted by atomic mass is 10.0. The van der Waals surface area contributed by atoms with Crippen molar-refractivity contribution >= 4 is 68.8 Å². The molecule has 8 atom stereocenters. The number of hydrogen-bond acceptors (Lipinski definition) is 10. The maximum atomic E-state index is 14.6. The average Bonchev–Trinajstić information content (AvgIpc) is 3.77. The molecule has 18 nitrogen and oxygen atoms in total. The van der Waals surface area contributed by atoms with Gasteiger partial charge >= 0.3 is 12.0 Å². The van der Waals surface area contributed by atoms with Crippen LogP contribution in [0.2, 0.25) is 5.02 Å². The first-order chi connectivity index (χ1) is 29.0. The molecule has 3 fully saturated rings. The van der Waals surface area contributed by atoms with Crippen molar-refractivity contribution < 1.29 is 59.9 Å². The lowest BCUT2D eigenvalue weighted by Crippen LogP contribution is -2.62. The molecular formula is C39H48ClF3N8O10S. The number of rotatable bonds is 9. The summed E-state index contributed by atoms with van der Waals surface area (Å²) in [5.74, 6) is -8.99. The van der Waals surface area contributed by atoms with Gasteiger partial charge in [-0.1, -0.05) is 25.4 Å².